The molecular formula is C33H63N3O14. The Morgan fingerprint density at radius 3 is 1.44 bits per heavy atom. The first-order valence-electron chi connectivity index (χ1n) is 17.1. The summed E-state index contributed by atoms with van der Waals surface area (Å²) in [5, 5.41) is 77.6. The molecule has 3 rings (SSSR count). The molecule has 1 amide bonds. The Morgan fingerprint density at radius 1 is 0.640 bits per heavy atom. The van der Waals surface area contributed by atoms with Crippen molar-refractivity contribution in [3.8, 4) is 0 Å². The maximum Gasteiger partial charge on any atom is 0.217 e. The molecule has 50 heavy (non-hydrogen) atoms. The van der Waals surface area contributed by atoms with Gasteiger partial charge in [0, 0.05) is 30.3 Å². The first-order chi connectivity index (χ1) is 23.1. The second-order valence-electron chi connectivity index (χ2n) is 16.0. The molecule has 3 heterocycles. The minimum absolute atomic E-state index is 0.0864. The smallest absolute Gasteiger partial charge is 0.217 e. The van der Waals surface area contributed by atoms with Crippen molar-refractivity contribution in [1.82, 2.24) is 5.32 Å². The van der Waals surface area contributed by atoms with E-state index in [2.05, 4.69) is 5.32 Å². The van der Waals surface area contributed by atoms with Crippen LogP contribution in [0.3, 0.4) is 0 Å². The summed E-state index contributed by atoms with van der Waals surface area (Å²) in [6.07, 6.45) is -6.55. The third-order valence-corrected chi connectivity index (χ3v) is 11.8. The Hall–Kier alpha value is -1.13. The molecule has 0 aromatic heterocycles. The van der Waals surface area contributed by atoms with E-state index in [4.69, 9.17) is 39.9 Å². The van der Waals surface area contributed by atoms with Crippen LogP contribution in [0.1, 0.15) is 48.5 Å². The standard InChI is InChI=1S/C33H63N3O14/c1-18(41)36-24-27(44)30(4,15-46-16-32(6)23(35)26(43)28(2,13-45-8)19(9-37)49-32)21(11-39)50-33(24,7)17-47-14-29(3)20(10-38)48-31(5,12-40)22(34)25(29)42/h19-27,37-40,42-44H,9-17,34-35H2,1-8H3,(H,36,41)/t19?,20?,21?,22?,23?,24?,25-,26-,27-,28+,29+,30-,31+,32+,33-/m0/s1. The lowest BCUT2D eigenvalue weighted by atomic mass is 9.69. The van der Waals surface area contributed by atoms with Crippen molar-refractivity contribution < 1.29 is 69.0 Å². The van der Waals surface area contributed by atoms with Crippen molar-refractivity contribution in [1.29, 1.82) is 0 Å². The van der Waals surface area contributed by atoms with Gasteiger partial charge in [-0.2, -0.15) is 0 Å². The van der Waals surface area contributed by atoms with Crippen LogP contribution in [0.25, 0.3) is 0 Å². The number of hydrogen-bond donors (Lipinski definition) is 10. The maximum atomic E-state index is 12.4. The number of nitrogens with two attached hydrogens (primary N) is 2. The number of rotatable bonds is 15. The molecule has 3 fully saturated rings. The Kier molecular flexibility index (Phi) is 13.9. The van der Waals surface area contributed by atoms with Crippen LogP contribution < -0.4 is 16.8 Å². The van der Waals surface area contributed by atoms with Gasteiger partial charge in [-0.05, 0) is 20.8 Å². The molecule has 17 heteroatoms. The van der Waals surface area contributed by atoms with Crippen LogP contribution in [0.4, 0.5) is 0 Å². The van der Waals surface area contributed by atoms with Gasteiger partial charge in [-0.25, -0.2) is 0 Å². The van der Waals surface area contributed by atoms with Crippen LogP contribution in [0.15, 0.2) is 0 Å². The summed E-state index contributed by atoms with van der Waals surface area (Å²) in [6.45, 7) is 8.44. The summed E-state index contributed by atoms with van der Waals surface area (Å²) in [5.41, 5.74) is 5.20. The summed E-state index contributed by atoms with van der Waals surface area (Å²) in [6, 6.07) is -3.04. The Morgan fingerprint density at radius 2 is 1.02 bits per heavy atom. The monoisotopic (exact) mass is 725 g/mol. The molecule has 15 atom stereocenters. The van der Waals surface area contributed by atoms with Crippen LogP contribution in [0.5, 0.6) is 0 Å². The molecule has 0 aromatic rings. The number of amides is 1. The molecular weight excluding hydrogens is 662 g/mol. The van der Waals surface area contributed by atoms with E-state index >= 15 is 0 Å². The number of carbonyl (C=O) groups excluding carboxylic acids is 1. The van der Waals surface area contributed by atoms with Gasteiger partial charge in [-0.15, -0.1) is 0 Å². The van der Waals surface area contributed by atoms with Gasteiger partial charge >= 0.3 is 0 Å². The SMILES string of the molecule is COC[C@]1(C)C(CO)O[C@](C)(COC[C@@]2(C)C(CO)O[C@@](C)(COC[C@]3(C)C(CO)O[C@](C)(CO)C(N)[C@@H]3O)C(NC(C)=O)[C@@H]2O)C(N)[C@@H]1O. The molecule has 0 bridgehead atoms. The summed E-state index contributed by atoms with van der Waals surface area (Å²) < 4.78 is 36.0. The zero-order chi connectivity index (χ0) is 38.1. The van der Waals surface area contributed by atoms with Gasteiger partial charge < -0.3 is 81.0 Å². The molecule has 3 aliphatic heterocycles. The van der Waals surface area contributed by atoms with Gasteiger partial charge in [0.25, 0.3) is 0 Å². The molecule has 0 radical (unpaired) electrons. The lowest BCUT2D eigenvalue weighted by molar-refractivity contribution is -0.289. The second kappa shape index (κ2) is 16.1. The maximum absolute atomic E-state index is 12.4. The van der Waals surface area contributed by atoms with Gasteiger partial charge in [0.1, 0.15) is 16.8 Å². The molecule has 3 aliphatic rings. The highest BCUT2D eigenvalue weighted by Gasteiger charge is 2.61. The number of ether oxygens (including phenoxy) is 6. The predicted octanol–water partition coefficient (Wildman–Crippen LogP) is -3.63. The normalized spacial score (nSPS) is 48.4. The van der Waals surface area contributed by atoms with Crippen LogP contribution in [-0.2, 0) is 33.2 Å². The number of methoxy groups -OCH3 is 1. The Bertz CT molecular complexity index is 1140. The first-order valence-corrected chi connectivity index (χ1v) is 17.1. The van der Waals surface area contributed by atoms with Gasteiger partial charge in [0.05, 0.1) is 114 Å². The fourth-order valence-electron chi connectivity index (χ4n) is 7.76. The number of hydrogen-bond acceptors (Lipinski definition) is 16. The average molecular weight is 726 g/mol. The number of carbonyl (C=O) groups is 1. The quantitative estimate of drug-likeness (QED) is 0.0780. The Balaban J connectivity index is 1.80. The Labute approximate surface area is 294 Å². The summed E-state index contributed by atoms with van der Waals surface area (Å²) in [4.78, 5) is 12.4. The highest BCUT2D eigenvalue weighted by Crippen LogP contribution is 2.45. The van der Waals surface area contributed by atoms with Gasteiger partial charge in [0.15, 0.2) is 0 Å². The summed E-state index contributed by atoms with van der Waals surface area (Å²) in [7, 11) is 1.48. The molecule has 294 valence electrons. The lowest BCUT2D eigenvalue weighted by Gasteiger charge is -2.57. The number of aliphatic hydroxyl groups excluding tert-OH is 7. The number of nitrogens with one attached hydrogen (secondary N) is 1. The number of aliphatic hydroxyl groups is 7. The van der Waals surface area contributed by atoms with E-state index in [1.54, 1.807) is 41.5 Å². The zero-order valence-electron chi connectivity index (χ0n) is 30.7. The average Bonchev–Trinajstić information content (AvgIpc) is 3.07. The molecule has 6 unspecified atom stereocenters. The summed E-state index contributed by atoms with van der Waals surface area (Å²) >= 11 is 0. The van der Waals surface area contributed by atoms with Crippen molar-refractivity contribution in [3.63, 3.8) is 0 Å². The van der Waals surface area contributed by atoms with E-state index in [-0.39, 0.29) is 33.0 Å². The molecule has 0 aromatic carbocycles. The van der Waals surface area contributed by atoms with Crippen LogP contribution >= 0.6 is 0 Å². The molecule has 0 saturated carbocycles. The fourth-order valence-corrected chi connectivity index (χ4v) is 7.76. The minimum atomic E-state index is -1.42. The second-order valence-corrected chi connectivity index (χ2v) is 16.0. The molecule has 3 saturated heterocycles. The molecule has 12 N–H and O–H groups in total. The van der Waals surface area contributed by atoms with E-state index in [0.717, 1.165) is 0 Å². The summed E-state index contributed by atoms with van der Waals surface area (Å²) in [5.74, 6) is -0.468. The fraction of sp³-hybridized carbons (Fsp3) is 0.970. The van der Waals surface area contributed by atoms with E-state index in [0.29, 0.717) is 0 Å². The van der Waals surface area contributed by atoms with Crippen molar-refractivity contribution in [2.24, 2.45) is 27.7 Å². The van der Waals surface area contributed by atoms with Gasteiger partial charge in [-0.1, -0.05) is 20.8 Å². The topological polar surface area (TPSA) is 278 Å². The molecule has 17 nitrogen and oxygen atoms in total. The van der Waals surface area contributed by atoms with E-state index in [9.17, 15) is 40.5 Å². The van der Waals surface area contributed by atoms with E-state index in [1.165, 1.54) is 14.0 Å². The minimum Gasteiger partial charge on any atom is -0.394 e. The molecule has 0 spiro atoms. The molecule has 0 aliphatic carbocycles. The van der Waals surface area contributed by atoms with Crippen LogP contribution in [0, 0.1) is 16.2 Å². The van der Waals surface area contributed by atoms with Gasteiger partial charge in [0.2, 0.25) is 5.91 Å². The van der Waals surface area contributed by atoms with Crippen LogP contribution in [0.2, 0.25) is 0 Å². The zero-order valence-corrected chi connectivity index (χ0v) is 30.7. The van der Waals surface area contributed by atoms with Crippen LogP contribution in [-0.4, -0.2) is 180 Å². The van der Waals surface area contributed by atoms with Gasteiger partial charge in [-0.3, -0.25) is 4.79 Å². The van der Waals surface area contributed by atoms with Crippen molar-refractivity contribution in [3.05, 3.63) is 0 Å². The van der Waals surface area contributed by atoms with E-state index < -0.39 is 120 Å². The lowest BCUT2D eigenvalue weighted by Crippen LogP contribution is -2.73. The third kappa shape index (κ3) is 7.74. The van der Waals surface area contributed by atoms with Crippen molar-refractivity contribution in [2.45, 2.75) is 120 Å². The van der Waals surface area contributed by atoms with Crippen molar-refractivity contribution in [2.75, 3.05) is 66.6 Å². The van der Waals surface area contributed by atoms with E-state index in [1.807, 2.05) is 0 Å². The largest absolute Gasteiger partial charge is 0.394 e. The van der Waals surface area contributed by atoms with Crippen molar-refractivity contribution >= 4 is 5.91 Å². The third-order valence-electron chi connectivity index (χ3n) is 11.8. The highest BCUT2D eigenvalue weighted by molar-refractivity contribution is 5.73. The first kappa shape index (κ1) is 43.3. The highest BCUT2D eigenvalue weighted by atomic mass is 16.6. The predicted molar refractivity (Wildman–Crippen MR) is 178 cm³/mol.